The molecule has 0 radical (unpaired) electrons. The van der Waals surface area contributed by atoms with Gasteiger partial charge in [-0.05, 0) is 13.1 Å². The van der Waals surface area contributed by atoms with Crippen molar-refractivity contribution in [3.63, 3.8) is 0 Å². The molecule has 0 bridgehead atoms. The first-order valence-electron chi connectivity index (χ1n) is 5.94. The Balaban J connectivity index is 5.08. The number of allylic oxidation sites excluding steroid dienone is 1. The van der Waals surface area contributed by atoms with Gasteiger partial charge >= 0.3 is 0 Å². The summed E-state index contributed by atoms with van der Waals surface area (Å²) in [4.78, 5) is 3.65. The van der Waals surface area contributed by atoms with Crippen LogP contribution in [-0.4, -0.2) is 23.7 Å². The van der Waals surface area contributed by atoms with E-state index in [4.69, 9.17) is 4.43 Å². The van der Waals surface area contributed by atoms with E-state index < -0.39 is 16.6 Å². The summed E-state index contributed by atoms with van der Waals surface area (Å²) in [6.45, 7) is 18.2. The van der Waals surface area contributed by atoms with Crippen LogP contribution in [0.4, 0.5) is 0 Å². The lowest BCUT2D eigenvalue weighted by molar-refractivity contribution is 0.383. The molecule has 0 aromatic carbocycles. The van der Waals surface area contributed by atoms with Crippen molar-refractivity contribution in [2.75, 3.05) is 7.11 Å². The molecule has 1 N–H and O–H groups in total. The van der Waals surface area contributed by atoms with Gasteiger partial charge in [0.1, 0.15) is 0 Å². The summed E-state index contributed by atoms with van der Waals surface area (Å²) in [7, 11) is -1.15. The molecule has 96 valence electrons. The van der Waals surface area contributed by atoms with Crippen LogP contribution in [0.25, 0.3) is 0 Å². The lowest BCUT2D eigenvalue weighted by Gasteiger charge is -2.33. The summed E-state index contributed by atoms with van der Waals surface area (Å²) >= 11 is 0. The molecule has 0 rings (SSSR count). The van der Waals surface area contributed by atoms with E-state index in [1.54, 1.807) is 7.11 Å². The second-order valence-electron chi connectivity index (χ2n) is 7.01. The molecule has 2 nitrogen and oxygen atoms in total. The zero-order chi connectivity index (χ0) is 13.2. The third-order valence-electron chi connectivity index (χ3n) is 2.33. The summed E-state index contributed by atoms with van der Waals surface area (Å²) < 4.78 is 5.58. The monoisotopic (exact) mass is 259 g/mol. The highest BCUT2D eigenvalue weighted by atomic mass is 28.4. The zero-order valence-electron chi connectivity index (χ0n) is 12.5. The Morgan fingerprint density at radius 2 is 1.50 bits per heavy atom. The number of hydrogen-bond acceptors (Lipinski definition) is 2. The third-order valence-corrected chi connectivity index (χ3v) is 5.38. The molecule has 0 aromatic rings. The number of rotatable bonds is 4. The van der Waals surface area contributed by atoms with Gasteiger partial charge in [-0.2, -0.15) is 0 Å². The Kier molecular flexibility index (Phi) is 5.04. The van der Waals surface area contributed by atoms with Crippen LogP contribution in [0.3, 0.4) is 0 Å². The van der Waals surface area contributed by atoms with Crippen LogP contribution >= 0.6 is 0 Å². The smallest absolute Gasteiger partial charge is 0.291 e. The fourth-order valence-electron chi connectivity index (χ4n) is 1.25. The lowest BCUT2D eigenvalue weighted by atomic mass is 9.94. The molecule has 0 saturated carbocycles. The molecule has 0 spiro atoms. The number of nitrogens with one attached hydrogen (secondary N) is 1. The first-order valence-corrected chi connectivity index (χ1v) is 12.4. The van der Waals surface area contributed by atoms with Crippen LogP contribution in [-0.2, 0) is 4.43 Å². The van der Waals surface area contributed by atoms with Crippen LogP contribution in [0.1, 0.15) is 20.8 Å². The highest BCUT2D eigenvalue weighted by molar-refractivity contribution is 6.81. The lowest BCUT2D eigenvalue weighted by Crippen LogP contribution is -2.49. The van der Waals surface area contributed by atoms with E-state index in [9.17, 15) is 0 Å². The minimum atomic E-state index is -1.75. The molecule has 0 amide bonds. The fourth-order valence-corrected chi connectivity index (χ4v) is 3.96. The molecule has 0 aliphatic rings. The Hall–Kier alpha value is -0.0662. The van der Waals surface area contributed by atoms with Crippen LogP contribution in [0.2, 0.25) is 32.7 Å². The van der Waals surface area contributed by atoms with E-state index in [1.165, 1.54) is 5.70 Å². The molecule has 0 atom stereocenters. The van der Waals surface area contributed by atoms with Gasteiger partial charge in [0.05, 0.1) is 8.07 Å². The standard InChI is InChI=1S/C12H29NOSi2/c1-12(2,3)11(10-15(5,6)7)13-16(8,9)14-4/h10,13H,1-9H3/b11-10-. The summed E-state index contributed by atoms with van der Waals surface area (Å²) in [5.41, 5.74) is 3.98. The van der Waals surface area contributed by atoms with Gasteiger partial charge in [0.2, 0.25) is 0 Å². The van der Waals surface area contributed by atoms with Crippen molar-refractivity contribution in [3.05, 3.63) is 11.4 Å². The van der Waals surface area contributed by atoms with Gasteiger partial charge in [-0.15, -0.1) is 0 Å². The Morgan fingerprint density at radius 3 is 1.75 bits per heavy atom. The molecule has 0 saturated heterocycles. The van der Waals surface area contributed by atoms with Crippen LogP contribution in [0.5, 0.6) is 0 Å². The minimum absolute atomic E-state index is 0.170. The van der Waals surface area contributed by atoms with Gasteiger partial charge in [0.15, 0.2) is 0 Å². The van der Waals surface area contributed by atoms with Crippen molar-refractivity contribution in [1.82, 2.24) is 4.98 Å². The Labute approximate surface area is 104 Å². The van der Waals surface area contributed by atoms with Gasteiger partial charge in [0.25, 0.3) is 8.48 Å². The molecular weight excluding hydrogens is 230 g/mol. The van der Waals surface area contributed by atoms with E-state index in [-0.39, 0.29) is 5.41 Å². The molecule has 16 heavy (non-hydrogen) atoms. The summed E-state index contributed by atoms with van der Waals surface area (Å²) in [5.74, 6) is 0. The number of hydrogen-bond donors (Lipinski definition) is 1. The largest absolute Gasteiger partial charge is 0.402 e. The molecule has 0 aliphatic carbocycles. The molecule has 0 heterocycles. The molecular formula is C12H29NOSi2. The Bertz CT molecular complexity index is 259. The average molecular weight is 260 g/mol. The second kappa shape index (κ2) is 5.06. The second-order valence-corrected chi connectivity index (χ2v) is 15.7. The normalized spacial score (nSPS) is 15.2. The first-order chi connectivity index (χ1) is 6.87. The van der Waals surface area contributed by atoms with Gasteiger partial charge in [-0.25, -0.2) is 0 Å². The van der Waals surface area contributed by atoms with E-state index in [1.807, 2.05) is 0 Å². The van der Waals surface area contributed by atoms with Crippen molar-refractivity contribution in [2.45, 2.75) is 53.5 Å². The van der Waals surface area contributed by atoms with E-state index in [2.05, 4.69) is 64.2 Å². The van der Waals surface area contributed by atoms with Crippen molar-refractivity contribution in [3.8, 4) is 0 Å². The van der Waals surface area contributed by atoms with Crippen molar-refractivity contribution >= 4 is 16.6 Å². The quantitative estimate of drug-likeness (QED) is 0.777. The van der Waals surface area contributed by atoms with Crippen LogP contribution in [0.15, 0.2) is 11.4 Å². The van der Waals surface area contributed by atoms with Crippen molar-refractivity contribution in [2.24, 2.45) is 5.41 Å². The third kappa shape index (κ3) is 6.50. The maximum atomic E-state index is 5.58. The maximum Gasteiger partial charge on any atom is 0.291 e. The van der Waals surface area contributed by atoms with Gasteiger partial charge in [-0.1, -0.05) is 46.1 Å². The van der Waals surface area contributed by atoms with E-state index in [0.717, 1.165) is 0 Å². The fraction of sp³-hybridized carbons (Fsp3) is 0.833. The molecule has 0 unspecified atom stereocenters. The van der Waals surface area contributed by atoms with Crippen molar-refractivity contribution < 1.29 is 4.43 Å². The summed E-state index contributed by atoms with van der Waals surface area (Å²) in [5, 5.41) is 0. The Morgan fingerprint density at radius 1 is 1.06 bits per heavy atom. The van der Waals surface area contributed by atoms with Gasteiger partial charge in [0, 0.05) is 18.2 Å². The van der Waals surface area contributed by atoms with Gasteiger partial charge < -0.3 is 9.41 Å². The predicted molar refractivity (Wildman–Crippen MR) is 78.5 cm³/mol. The van der Waals surface area contributed by atoms with Crippen LogP contribution in [0, 0.1) is 5.41 Å². The van der Waals surface area contributed by atoms with E-state index in [0.29, 0.717) is 0 Å². The highest BCUT2D eigenvalue weighted by Gasteiger charge is 2.28. The summed E-state index contributed by atoms with van der Waals surface area (Å²) in [6.07, 6.45) is 0. The molecule has 4 heteroatoms. The zero-order valence-corrected chi connectivity index (χ0v) is 14.5. The predicted octanol–water partition coefficient (Wildman–Crippen LogP) is 3.73. The molecule has 0 aromatic heterocycles. The first kappa shape index (κ1) is 15.9. The van der Waals surface area contributed by atoms with Crippen molar-refractivity contribution in [1.29, 1.82) is 0 Å². The molecule has 0 aliphatic heterocycles. The van der Waals surface area contributed by atoms with Gasteiger partial charge in [-0.3, -0.25) is 0 Å². The average Bonchev–Trinajstić information content (AvgIpc) is 1.98. The highest BCUT2D eigenvalue weighted by Crippen LogP contribution is 2.26. The minimum Gasteiger partial charge on any atom is -0.402 e. The summed E-state index contributed by atoms with van der Waals surface area (Å²) in [6, 6.07) is 0. The topological polar surface area (TPSA) is 21.3 Å². The molecule has 0 fully saturated rings. The maximum absolute atomic E-state index is 5.58. The van der Waals surface area contributed by atoms with E-state index >= 15 is 0 Å². The van der Waals surface area contributed by atoms with Crippen LogP contribution < -0.4 is 4.98 Å². The SMILES string of the molecule is CO[Si](C)(C)N/C(=C\[Si](C)(C)C)C(C)(C)C.